The Kier molecular flexibility index (Phi) is 7.19. The van der Waals surface area contributed by atoms with Gasteiger partial charge in [0, 0.05) is 0 Å². The van der Waals surface area contributed by atoms with Crippen molar-refractivity contribution < 1.29 is 9.53 Å². The molecule has 0 radical (unpaired) electrons. The van der Waals surface area contributed by atoms with E-state index >= 15 is 0 Å². The van der Waals surface area contributed by atoms with Crippen LogP contribution in [0, 0.1) is 5.92 Å². The Morgan fingerprint density at radius 3 is 2.69 bits per heavy atom. The molecule has 0 saturated carbocycles. The number of nitrogens with zero attached hydrogens (tertiary/aromatic N) is 1. The largest absolute Gasteiger partial charge is 0.484 e. The predicted octanol–water partition coefficient (Wildman–Crippen LogP) is 4.98. The van der Waals surface area contributed by atoms with Gasteiger partial charge in [0.05, 0.1) is 5.71 Å². The third-order valence-electron chi connectivity index (χ3n) is 5.05. The molecular formula is C22H30N2O2. The predicted molar refractivity (Wildman–Crippen MR) is 108 cm³/mol. The van der Waals surface area contributed by atoms with Gasteiger partial charge in [0.2, 0.25) is 0 Å². The summed E-state index contributed by atoms with van der Waals surface area (Å²) < 4.78 is 5.55. The number of benzene rings is 1. The SMILES string of the molecule is C=C(C)C1CC=C(C)C(=NNC(=O)COc2ccc(C(C)CC)cc2)C1. The highest BCUT2D eigenvalue weighted by molar-refractivity contribution is 6.01. The average molecular weight is 354 g/mol. The minimum Gasteiger partial charge on any atom is -0.484 e. The third-order valence-corrected chi connectivity index (χ3v) is 5.05. The third kappa shape index (κ3) is 5.58. The summed E-state index contributed by atoms with van der Waals surface area (Å²) in [7, 11) is 0. The number of ether oxygens (including phenoxy) is 1. The van der Waals surface area contributed by atoms with Crippen LogP contribution in [0.2, 0.25) is 0 Å². The highest BCUT2D eigenvalue weighted by Gasteiger charge is 2.18. The van der Waals surface area contributed by atoms with Gasteiger partial charge in [-0.15, -0.1) is 0 Å². The number of allylic oxidation sites excluding steroid dienone is 3. The van der Waals surface area contributed by atoms with E-state index in [0.717, 1.165) is 36.1 Å². The van der Waals surface area contributed by atoms with Crippen molar-refractivity contribution in [2.24, 2.45) is 11.0 Å². The van der Waals surface area contributed by atoms with Crippen molar-refractivity contribution in [2.75, 3.05) is 6.61 Å². The molecule has 4 nitrogen and oxygen atoms in total. The number of amides is 1. The summed E-state index contributed by atoms with van der Waals surface area (Å²) in [5.41, 5.74) is 7.06. The van der Waals surface area contributed by atoms with Crippen LogP contribution in [0.4, 0.5) is 0 Å². The fraction of sp³-hybridized carbons (Fsp3) is 0.455. The van der Waals surface area contributed by atoms with Crippen LogP contribution in [0.15, 0.2) is 53.2 Å². The number of hydrazone groups is 1. The number of hydrogen-bond donors (Lipinski definition) is 1. The lowest BCUT2D eigenvalue weighted by Crippen LogP contribution is -2.27. The van der Waals surface area contributed by atoms with E-state index in [0.29, 0.717) is 17.6 Å². The number of carbonyl (C=O) groups excluding carboxylic acids is 1. The molecule has 1 N–H and O–H groups in total. The van der Waals surface area contributed by atoms with Crippen molar-refractivity contribution in [3.8, 4) is 5.75 Å². The van der Waals surface area contributed by atoms with Gasteiger partial charge in [-0.05, 0) is 68.2 Å². The molecule has 140 valence electrons. The Morgan fingerprint density at radius 2 is 2.08 bits per heavy atom. The van der Waals surface area contributed by atoms with Gasteiger partial charge in [-0.2, -0.15) is 5.10 Å². The van der Waals surface area contributed by atoms with Crippen molar-refractivity contribution in [3.63, 3.8) is 0 Å². The van der Waals surface area contributed by atoms with Gasteiger partial charge in [0.15, 0.2) is 6.61 Å². The normalized spacial score (nSPS) is 19.6. The zero-order chi connectivity index (χ0) is 19.1. The van der Waals surface area contributed by atoms with Crippen molar-refractivity contribution in [1.29, 1.82) is 0 Å². The first kappa shape index (κ1) is 20.0. The van der Waals surface area contributed by atoms with E-state index in [2.05, 4.69) is 49.2 Å². The molecule has 0 spiro atoms. The van der Waals surface area contributed by atoms with Crippen LogP contribution >= 0.6 is 0 Å². The van der Waals surface area contributed by atoms with Crippen LogP contribution < -0.4 is 10.2 Å². The van der Waals surface area contributed by atoms with Gasteiger partial charge in [0.1, 0.15) is 5.75 Å². The fourth-order valence-corrected chi connectivity index (χ4v) is 2.86. The first-order valence-corrected chi connectivity index (χ1v) is 9.31. The van der Waals surface area contributed by atoms with E-state index < -0.39 is 0 Å². The minimum atomic E-state index is -0.256. The van der Waals surface area contributed by atoms with Crippen LogP contribution in [-0.4, -0.2) is 18.2 Å². The molecule has 0 bridgehead atoms. The lowest BCUT2D eigenvalue weighted by Gasteiger charge is -2.22. The topological polar surface area (TPSA) is 50.7 Å². The molecule has 0 aromatic heterocycles. The van der Waals surface area contributed by atoms with Crippen molar-refractivity contribution in [3.05, 3.63) is 53.6 Å². The molecule has 26 heavy (non-hydrogen) atoms. The summed E-state index contributed by atoms with van der Waals surface area (Å²) in [5, 5.41) is 4.29. The molecule has 0 saturated heterocycles. The van der Waals surface area contributed by atoms with E-state index in [1.807, 2.05) is 26.0 Å². The molecule has 2 atom stereocenters. The maximum absolute atomic E-state index is 12.0. The molecule has 1 aliphatic rings. The van der Waals surface area contributed by atoms with Crippen molar-refractivity contribution >= 4 is 11.6 Å². The molecular weight excluding hydrogens is 324 g/mol. The molecule has 0 heterocycles. The highest BCUT2D eigenvalue weighted by atomic mass is 16.5. The first-order valence-electron chi connectivity index (χ1n) is 9.31. The van der Waals surface area contributed by atoms with Gasteiger partial charge < -0.3 is 4.74 Å². The Balaban J connectivity index is 1.86. The molecule has 1 aromatic carbocycles. The fourth-order valence-electron chi connectivity index (χ4n) is 2.86. The quantitative estimate of drug-likeness (QED) is 0.554. The summed E-state index contributed by atoms with van der Waals surface area (Å²) in [4.78, 5) is 12.0. The molecule has 1 aliphatic carbocycles. The van der Waals surface area contributed by atoms with Gasteiger partial charge in [0.25, 0.3) is 5.91 Å². The molecule has 1 amide bonds. The standard InChI is InChI=1S/C22H30N2O2/c1-6-16(4)18-9-11-20(12-10-18)26-14-22(25)24-23-21-13-19(15(2)3)8-7-17(21)5/h7,9-12,16,19H,2,6,8,13-14H2,1,3-5H3,(H,24,25). The average Bonchev–Trinajstić information content (AvgIpc) is 2.65. The van der Waals surface area contributed by atoms with E-state index in [1.165, 1.54) is 5.56 Å². The summed E-state index contributed by atoms with van der Waals surface area (Å²) in [5.74, 6) is 1.36. The second-order valence-electron chi connectivity index (χ2n) is 7.13. The van der Waals surface area contributed by atoms with Gasteiger partial charge >= 0.3 is 0 Å². The smallest absolute Gasteiger partial charge is 0.277 e. The number of carbonyl (C=O) groups is 1. The summed E-state index contributed by atoms with van der Waals surface area (Å²) in [6, 6.07) is 7.92. The minimum absolute atomic E-state index is 0.0495. The molecule has 4 heteroatoms. The van der Waals surface area contributed by atoms with Gasteiger partial charge in [-0.25, -0.2) is 5.43 Å². The van der Waals surface area contributed by atoms with Crippen LogP contribution in [-0.2, 0) is 4.79 Å². The highest BCUT2D eigenvalue weighted by Crippen LogP contribution is 2.26. The van der Waals surface area contributed by atoms with E-state index in [4.69, 9.17) is 4.74 Å². The Morgan fingerprint density at radius 1 is 1.38 bits per heavy atom. The van der Waals surface area contributed by atoms with Crippen molar-refractivity contribution in [1.82, 2.24) is 5.43 Å². The molecule has 2 unspecified atom stereocenters. The van der Waals surface area contributed by atoms with E-state index in [1.54, 1.807) is 0 Å². The molecule has 0 fully saturated rings. The van der Waals surface area contributed by atoms with Crippen molar-refractivity contribution in [2.45, 2.75) is 52.9 Å². The lowest BCUT2D eigenvalue weighted by molar-refractivity contribution is -0.123. The monoisotopic (exact) mass is 354 g/mol. The number of nitrogens with one attached hydrogen (secondary N) is 1. The number of hydrogen-bond acceptors (Lipinski definition) is 3. The van der Waals surface area contributed by atoms with E-state index in [9.17, 15) is 4.79 Å². The molecule has 1 aromatic rings. The zero-order valence-corrected chi connectivity index (χ0v) is 16.3. The Bertz CT molecular complexity index is 701. The van der Waals surface area contributed by atoms with Gasteiger partial charge in [-0.1, -0.05) is 44.2 Å². The van der Waals surface area contributed by atoms with Crippen LogP contribution in [0.25, 0.3) is 0 Å². The maximum atomic E-state index is 12.0. The second kappa shape index (κ2) is 9.37. The van der Waals surface area contributed by atoms with Gasteiger partial charge in [-0.3, -0.25) is 4.79 Å². The summed E-state index contributed by atoms with van der Waals surface area (Å²) in [6.45, 7) is 12.4. The van der Waals surface area contributed by atoms with Crippen LogP contribution in [0.3, 0.4) is 0 Å². The lowest BCUT2D eigenvalue weighted by atomic mass is 9.85. The Labute approximate surface area is 157 Å². The molecule has 0 aliphatic heterocycles. The first-order chi connectivity index (χ1) is 12.4. The zero-order valence-electron chi connectivity index (χ0n) is 16.3. The number of rotatable bonds is 7. The van der Waals surface area contributed by atoms with Crippen LogP contribution in [0.5, 0.6) is 5.75 Å². The Hall–Kier alpha value is -2.36. The second-order valence-corrected chi connectivity index (χ2v) is 7.13. The van der Waals surface area contributed by atoms with E-state index in [-0.39, 0.29) is 12.5 Å². The summed E-state index contributed by atoms with van der Waals surface area (Å²) in [6.07, 6.45) is 5.06. The maximum Gasteiger partial charge on any atom is 0.277 e. The molecule has 2 rings (SSSR count). The summed E-state index contributed by atoms with van der Waals surface area (Å²) >= 11 is 0. The van der Waals surface area contributed by atoms with Crippen LogP contribution in [0.1, 0.15) is 58.4 Å².